The van der Waals surface area contributed by atoms with E-state index in [0.29, 0.717) is 10.8 Å². The lowest BCUT2D eigenvalue weighted by atomic mass is 9.59. The first-order valence-electron chi connectivity index (χ1n) is 6.54. The third-order valence-corrected chi connectivity index (χ3v) is 5.04. The van der Waals surface area contributed by atoms with Crippen LogP contribution in [0.25, 0.3) is 0 Å². The average Bonchev–Trinajstić information content (AvgIpc) is 2.08. The summed E-state index contributed by atoms with van der Waals surface area (Å²) in [6.07, 6.45) is 6.91. The summed E-state index contributed by atoms with van der Waals surface area (Å²) in [6.45, 7) is 12.2. The van der Waals surface area contributed by atoms with Gasteiger partial charge in [-0.2, -0.15) is 0 Å². The lowest BCUT2D eigenvalue weighted by Gasteiger charge is -2.46. The number of allylic oxidation sites excluding steroid dienone is 2. The van der Waals surface area contributed by atoms with Crippen LogP contribution in [0.1, 0.15) is 66.7 Å². The smallest absolute Gasteiger partial charge is 0.0142 e. The SMILES string of the molecule is CC1CC2=C(CC1(C)C)C(C)(C)CCC2. The van der Waals surface area contributed by atoms with E-state index in [9.17, 15) is 0 Å². The highest BCUT2D eigenvalue weighted by Gasteiger charge is 2.39. The number of hydrogen-bond acceptors (Lipinski definition) is 0. The predicted octanol–water partition coefficient (Wildman–Crippen LogP) is 4.95. The van der Waals surface area contributed by atoms with Crippen molar-refractivity contribution in [3.8, 4) is 0 Å². The Morgan fingerprint density at radius 2 is 1.80 bits per heavy atom. The first-order chi connectivity index (χ1) is 6.83. The van der Waals surface area contributed by atoms with E-state index in [0.717, 1.165) is 5.92 Å². The molecule has 0 N–H and O–H groups in total. The molecule has 0 saturated carbocycles. The van der Waals surface area contributed by atoms with Crippen molar-refractivity contribution in [2.75, 3.05) is 0 Å². The molecule has 0 saturated heterocycles. The van der Waals surface area contributed by atoms with Crippen molar-refractivity contribution < 1.29 is 0 Å². The second-order valence-corrected chi connectivity index (χ2v) is 7.09. The summed E-state index contributed by atoms with van der Waals surface area (Å²) in [5.74, 6) is 0.866. The minimum atomic E-state index is 0.491. The second kappa shape index (κ2) is 3.37. The Morgan fingerprint density at radius 1 is 1.13 bits per heavy atom. The van der Waals surface area contributed by atoms with E-state index in [1.165, 1.54) is 32.1 Å². The Kier molecular flexibility index (Phi) is 2.52. The zero-order valence-corrected chi connectivity index (χ0v) is 11.1. The number of rotatable bonds is 0. The quantitative estimate of drug-likeness (QED) is 0.492. The molecule has 0 amide bonds. The third kappa shape index (κ3) is 1.88. The summed E-state index contributed by atoms with van der Waals surface area (Å²) >= 11 is 0. The Morgan fingerprint density at radius 3 is 2.47 bits per heavy atom. The monoisotopic (exact) mass is 206 g/mol. The van der Waals surface area contributed by atoms with Gasteiger partial charge in [0.25, 0.3) is 0 Å². The van der Waals surface area contributed by atoms with Gasteiger partial charge in [0.1, 0.15) is 0 Å². The van der Waals surface area contributed by atoms with Gasteiger partial charge >= 0.3 is 0 Å². The first-order valence-corrected chi connectivity index (χ1v) is 6.54. The van der Waals surface area contributed by atoms with Gasteiger partial charge in [0.2, 0.25) is 0 Å². The molecule has 0 heteroatoms. The molecule has 1 atom stereocenters. The van der Waals surface area contributed by atoms with Gasteiger partial charge in [-0.05, 0) is 48.9 Å². The summed E-state index contributed by atoms with van der Waals surface area (Å²) < 4.78 is 0. The molecule has 0 aromatic rings. The normalized spacial score (nSPS) is 33.8. The molecule has 0 spiro atoms. The minimum absolute atomic E-state index is 0.491. The topological polar surface area (TPSA) is 0 Å². The molecule has 2 rings (SSSR count). The molecule has 1 unspecified atom stereocenters. The van der Waals surface area contributed by atoms with Crippen LogP contribution in [0.4, 0.5) is 0 Å². The lowest BCUT2D eigenvalue weighted by molar-refractivity contribution is 0.175. The molecule has 15 heavy (non-hydrogen) atoms. The summed E-state index contributed by atoms with van der Waals surface area (Å²) in [7, 11) is 0. The summed E-state index contributed by atoms with van der Waals surface area (Å²) in [5.41, 5.74) is 4.65. The largest absolute Gasteiger partial charge is 0.0702 e. The molecule has 86 valence electrons. The van der Waals surface area contributed by atoms with Crippen LogP contribution in [-0.2, 0) is 0 Å². The predicted molar refractivity (Wildman–Crippen MR) is 66.8 cm³/mol. The fourth-order valence-corrected chi connectivity index (χ4v) is 3.39. The highest BCUT2D eigenvalue weighted by Crippen LogP contribution is 2.53. The molecular formula is C15H26. The van der Waals surface area contributed by atoms with Crippen LogP contribution in [0.2, 0.25) is 0 Å². The van der Waals surface area contributed by atoms with E-state index < -0.39 is 0 Å². The fraction of sp³-hybridized carbons (Fsp3) is 0.867. The van der Waals surface area contributed by atoms with Gasteiger partial charge in [-0.15, -0.1) is 0 Å². The standard InChI is InChI=1S/C15H26/c1-11-9-12-7-6-8-14(2,3)13(12)10-15(11,4)5/h11H,6-10H2,1-5H3. The Hall–Kier alpha value is -0.260. The van der Waals surface area contributed by atoms with Gasteiger partial charge in [-0.25, -0.2) is 0 Å². The number of hydrogen-bond donors (Lipinski definition) is 0. The van der Waals surface area contributed by atoms with Gasteiger partial charge in [0.05, 0.1) is 0 Å². The Labute approximate surface area is 95.1 Å². The molecular weight excluding hydrogens is 180 g/mol. The van der Waals surface area contributed by atoms with Crippen molar-refractivity contribution in [2.24, 2.45) is 16.7 Å². The van der Waals surface area contributed by atoms with E-state index in [2.05, 4.69) is 34.6 Å². The Balaban J connectivity index is 2.35. The van der Waals surface area contributed by atoms with Crippen LogP contribution in [0.15, 0.2) is 11.1 Å². The summed E-state index contributed by atoms with van der Waals surface area (Å²) in [4.78, 5) is 0. The van der Waals surface area contributed by atoms with Crippen molar-refractivity contribution in [3.63, 3.8) is 0 Å². The molecule has 0 heterocycles. The van der Waals surface area contributed by atoms with Crippen molar-refractivity contribution in [1.29, 1.82) is 0 Å². The van der Waals surface area contributed by atoms with E-state index in [4.69, 9.17) is 0 Å². The van der Waals surface area contributed by atoms with E-state index in [1.54, 1.807) is 0 Å². The van der Waals surface area contributed by atoms with Gasteiger partial charge in [-0.1, -0.05) is 45.8 Å². The van der Waals surface area contributed by atoms with Crippen LogP contribution >= 0.6 is 0 Å². The summed E-state index contributed by atoms with van der Waals surface area (Å²) in [6, 6.07) is 0. The van der Waals surface area contributed by atoms with Crippen molar-refractivity contribution in [1.82, 2.24) is 0 Å². The molecule has 0 nitrogen and oxygen atoms in total. The van der Waals surface area contributed by atoms with E-state index >= 15 is 0 Å². The van der Waals surface area contributed by atoms with Crippen LogP contribution in [0.5, 0.6) is 0 Å². The molecule has 2 aliphatic rings. The maximum absolute atomic E-state index is 2.45. The highest BCUT2D eigenvalue weighted by atomic mass is 14.4. The second-order valence-electron chi connectivity index (χ2n) is 7.09. The highest BCUT2D eigenvalue weighted by molar-refractivity contribution is 5.28. The summed E-state index contributed by atoms with van der Waals surface area (Å²) in [5, 5.41) is 0. The fourth-order valence-electron chi connectivity index (χ4n) is 3.39. The molecule has 0 bridgehead atoms. The van der Waals surface area contributed by atoms with Crippen LogP contribution in [-0.4, -0.2) is 0 Å². The molecule has 0 fully saturated rings. The van der Waals surface area contributed by atoms with Gasteiger partial charge in [-0.3, -0.25) is 0 Å². The third-order valence-electron chi connectivity index (χ3n) is 5.04. The maximum Gasteiger partial charge on any atom is -0.0142 e. The molecule has 0 radical (unpaired) electrons. The zero-order chi connectivity index (χ0) is 11.3. The molecule has 2 aliphatic carbocycles. The van der Waals surface area contributed by atoms with E-state index in [1.807, 2.05) is 11.1 Å². The van der Waals surface area contributed by atoms with Crippen molar-refractivity contribution in [3.05, 3.63) is 11.1 Å². The maximum atomic E-state index is 2.45. The van der Waals surface area contributed by atoms with Gasteiger partial charge in [0, 0.05) is 0 Å². The first kappa shape index (κ1) is 11.2. The van der Waals surface area contributed by atoms with Crippen molar-refractivity contribution in [2.45, 2.75) is 66.7 Å². The van der Waals surface area contributed by atoms with Crippen LogP contribution < -0.4 is 0 Å². The average molecular weight is 206 g/mol. The molecule has 0 aromatic carbocycles. The van der Waals surface area contributed by atoms with Crippen LogP contribution in [0, 0.1) is 16.7 Å². The zero-order valence-electron chi connectivity index (χ0n) is 11.1. The van der Waals surface area contributed by atoms with Gasteiger partial charge in [0.15, 0.2) is 0 Å². The van der Waals surface area contributed by atoms with Gasteiger partial charge < -0.3 is 0 Å². The Bertz CT molecular complexity index is 291. The van der Waals surface area contributed by atoms with Crippen molar-refractivity contribution >= 4 is 0 Å². The molecule has 0 aliphatic heterocycles. The van der Waals surface area contributed by atoms with E-state index in [-0.39, 0.29) is 0 Å². The lowest BCUT2D eigenvalue weighted by Crippen LogP contribution is -2.34. The van der Waals surface area contributed by atoms with Crippen LogP contribution in [0.3, 0.4) is 0 Å². The minimum Gasteiger partial charge on any atom is -0.0702 e. The molecule has 0 aromatic heterocycles.